The molecule has 3 aromatic rings. The van der Waals surface area contributed by atoms with Gasteiger partial charge in [0.25, 0.3) is 0 Å². The van der Waals surface area contributed by atoms with Crippen LogP contribution in [0.2, 0.25) is 0 Å². The van der Waals surface area contributed by atoms with Crippen molar-refractivity contribution in [3.8, 4) is 11.5 Å². The summed E-state index contributed by atoms with van der Waals surface area (Å²) in [5, 5.41) is 0. The minimum absolute atomic E-state index is 0.162. The van der Waals surface area contributed by atoms with Gasteiger partial charge in [-0.2, -0.15) is 0 Å². The van der Waals surface area contributed by atoms with Crippen LogP contribution in [0.5, 0.6) is 11.5 Å². The van der Waals surface area contributed by atoms with Gasteiger partial charge in [-0.25, -0.2) is 0 Å². The number of primary amides is 1. The molecule has 7 rings (SSSR count). The fraction of sp³-hybridized carbons (Fsp3) is 0.513. The zero-order valence-corrected chi connectivity index (χ0v) is 28.2. The molecule has 1 atom stereocenters. The van der Waals surface area contributed by atoms with Crippen LogP contribution >= 0.6 is 0 Å². The highest BCUT2D eigenvalue weighted by Gasteiger charge is 2.55. The number of rotatable bonds is 8. The molecule has 3 heterocycles. The third-order valence-electron chi connectivity index (χ3n) is 11.1. The summed E-state index contributed by atoms with van der Waals surface area (Å²) in [6.07, 6.45) is 4.54. The molecular weight excluding hydrogens is 572 g/mol. The molecule has 0 bridgehead atoms. The first kappa shape index (κ1) is 31.1. The van der Waals surface area contributed by atoms with Crippen molar-refractivity contribution < 1.29 is 14.3 Å². The normalized spacial score (nSPS) is 22.6. The number of anilines is 1. The van der Waals surface area contributed by atoms with Gasteiger partial charge in [-0.1, -0.05) is 44.2 Å². The summed E-state index contributed by atoms with van der Waals surface area (Å²) in [5.74, 6) is 1.89. The van der Waals surface area contributed by atoms with E-state index in [4.69, 9.17) is 15.2 Å². The number of fused-ring (bicyclic) bond motifs is 1. The number of methoxy groups -OCH3 is 1. The number of amides is 1. The fourth-order valence-electron chi connectivity index (χ4n) is 8.56. The van der Waals surface area contributed by atoms with E-state index in [2.05, 4.69) is 78.8 Å². The van der Waals surface area contributed by atoms with Crippen molar-refractivity contribution in [1.29, 1.82) is 0 Å². The first-order valence-corrected chi connectivity index (χ1v) is 17.1. The molecule has 3 aliphatic heterocycles. The smallest absolute Gasteiger partial charge is 0.248 e. The lowest BCUT2D eigenvalue weighted by Gasteiger charge is -2.63. The Morgan fingerprint density at radius 2 is 1.78 bits per heavy atom. The van der Waals surface area contributed by atoms with E-state index in [0.717, 1.165) is 63.6 Å². The van der Waals surface area contributed by atoms with E-state index < -0.39 is 0 Å². The van der Waals surface area contributed by atoms with Crippen LogP contribution in [0.25, 0.3) is 0 Å². The largest absolute Gasteiger partial charge is 0.493 e. The topological polar surface area (TPSA) is 71.3 Å². The summed E-state index contributed by atoms with van der Waals surface area (Å²) < 4.78 is 12.2. The van der Waals surface area contributed by atoms with Gasteiger partial charge in [-0.15, -0.1) is 0 Å². The Labute approximate surface area is 274 Å². The molecule has 4 aliphatic rings. The maximum absolute atomic E-state index is 11.5. The molecule has 1 spiro atoms. The van der Waals surface area contributed by atoms with E-state index in [1.165, 1.54) is 40.8 Å². The minimum Gasteiger partial charge on any atom is -0.493 e. The van der Waals surface area contributed by atoms with E-state index in [1.807, 2.05) is 24.3 Å². The Kier molecular flexibility index (Phi) is 8.05. The highest BCUT2D eigenvalue weighted by atomic mass is 16.5. The summed E-state index contributed by atoms with van der Waals surface area (Å²) in [5.41, 5.74) is 13.0. The molecule has 7 heteroatoms. The molecule has 1 saturated carbocycles. The van der Waals surface area contributed by atoms with Gasteiger partial charge in [0.15, 0.2) is 11.5 Å². The summed E-state index contributed by atoms with van der Waals surface area (Å²) in [6.45, 7) is 15.2. The molecule has 3 aromatic carbocycles. The van der Waals surface area contributed by atoms with Crippen molar-refractivity contribution in [1.82, 2.24) is 9.80 Å². The zero-order chi connectivity index (χ0) is 32.2. The third-order valence-corrected chi connectivity index (χ3v) is 11.1. The Balaban J connectivity index is 1.07. The lowest BCUT2D eigenvalue weighted by molar-refractivity contribution is -0.0647. The number of benzene rings is 3. The molecule has 0 unspecified atom stereocenters. The van der Waals surface area contributed by atoms with Crippen molar-refractivity contribution in [3.05, 3.63) is 88.5 Å². The van der Waals surface area contributed by atoms with Crippen LogP contribution in [-0.2, 0) is 13.0 Å². The first-order chi connectivity index (χ1) is 22.0. The van der Waals surface area contributed by atoms with Crippen molar-refractivity contribution in [3.63, 3.8) is 0 Å². The molecule has 3 fully saturated rings. The van der Waals surface area contributed by atoms with Gasteiger partial charge in [-0.05, 0) is 98.0 Å². The van der Waals surface area contributed by atoms with Gasteiger partial charge < -0.3 is 20.1 Å². The molecule has 244 valence electrons. The maximum Gasteiger partial charge on any atom is 0.248 e. The van der Waals surface area contributed by atoms with Crippen LogP contribution in [0.1, 0.15) is 91.5 Å². The molecule has 1 aliphatic carbocycles. The fourth-order valence-corrected chi connectivity index (χ4v) is 8.56. The van der Waals surface area contributed by atoms with E-state index in [0.29, 0.717) is 29.0 Å². The van der Waals surface area contributed by atoms with Crippen LogP contribution in [0.3, 0.4) is 0 Å². The monoisotopic (exact) mass is 622 g/mol. The lowest BCUT2D eigenvalue weighted by Crippen LogP contribution is -2.68. The maximum atomic E-state index is 11.5. The van der Waals surface area contributed by atoms with Crippen molar-refractivity contribution in [2.24, 2.45) is 11.1 Å². The number of hydrogen-bond donors (Lipinski definition) is 1. The van der Waals surface area contributed by atoms with Gasteiger partial charge in [0.2, 0.25) is 5.91 Å². The highest BCUT2D eigenvalue weighted by Crippen LogP contribution is 2.53. The molecule has 1 amide bonds. The van der Waals surface area contributed by atoms with E-state index in [9.17, 15) is 4.79 Å². The lowest BCUT2D eigenvalue weighted by atomic mass is 9.59. The second-order valence-corrected chi connectivity index (χ2v) is 15.2. The first-order valence-electron chi connectivity index (χ1n) is 17.1. The molecule has 0 radical (unpaired) electrons. The Hall–Kier alpha value is -3.55. The predicted octanol–water partition coefficient (Wildman–Crippen LogP) is 6.55. The van der Waals surface area contributed by atoms with Gasteiger partial charge >= 0.3 is 0 Å². The second-order valence-electron chi connectivity index (χ2n) is 15.2. The minimum atomic E-state index is -0.372. The van der Waals surface area contributed by atoms with Crippen LogP contribution in [0.15, 0.2) is 60.7 Å². The SMILES string of the molecule is COc1cc(CN2CCN(C3CC4(C3)CN(c3ccc(C(N)=O)cc3)C4)[C@H](c3ccccc3C(C)C)C2)cc2c1OC(C)(C)CC2. The Bertz CT molecular complexity index is 1570. The van der Waals surface area contributed by atoms with Crippen molar-refractivity contribution in [2.75, 3.05) is 44.7 Å². The third kappa shape index (κ3) is 5.88. The number of carbonyl (C=O) groups is 1. The molecule has 2 saturated heterocycles. The average molecular weight is 623 g/mol. The molecule has 2 N–H and O–H groups in total. The van der Waals surface area contributed by atoms with E-state index in [-0.39, 0.29) is 11.5 Å². The molecular formula is C39H50N4O3. The van der Waals surface area contributed by atoms with Crippen LogP contribution in [-0.4, -0.2) is 67.2 Å². The number of nitrogens with zero attached hydrogens (tertiary/aromatic N) is 3. The molecule has 0 aromatic heterocycles. The van der Waals surface area contributed by atoms with E-state index in [1.54, 1.807) is 7.11 Å². The Morgan fingerprint density at radius 1 is 1.04 bits per heavy atom. The van der Waals surface area contributed by atoms with Gasteiger partial charge in [0.05, 0.1) is 7.11 Å². The summed E-state index contributed by atoms with van der Waals surface area (Å²) >= 11 is 0. The summed E-state index contributed by atoms with van der Waals surface area (Å²) in [4.78, 5) is 19.4. The quantitative estimate of drug-likeness (QED) is 0.307. The number of aryl methyl sites for hydroxylation is 1. The summed E-state index contributed by atoms with van der Waals surface area (Å²) in [6, 6.07) is 22.4. The second kappa shape index (κ2) is 11.9. The number of carbonyl (C=O) groups excluding carboxylic acids is 1. The van der Waals surface area contributed by atoms with Crippen molar-refractivity contribution >= 4 is 11.6 Å². The number of ether oxygens (including phenoxy) is 2. The predicted molar refractivity (Wildman–Crippen MR) is 184 cm³/mol. The Morgan fingerprint density at radius 3 is 2.48 bits per heavy atom. The van der Waals surface area contributed by atoms with Crippen LogP contribution in [0, 0.1) is 5.41 Å². The van der Waals surface area contributed by atoms with Gasteiger partial charge in [0.1, 0.15) is 5.60 Å². The van der Waals surface area contributed by atoms with Crippen molar-refractivity contribution in [2.45, 2.75) is 83.5 Å². The number of hydrogen-bond acceptors (Lipinski definition) is 6. The average Bonchev–Trinajstić information content (AvgIpc) is 3.00. The highest BCUT2D eigenvalue weighted by molar-refractivity contribution is 5.93. The number of nitrogens with two attached hydrogens (primary N) is 1. The van der Waals surface area contributed by atoms with Crippen LogP contribution in [0.4, 0.5) is 5.69 Å². The summed E-state index contributed by atoms with van der Waals surface area (Å²) in [7, 11) is 1.76. The molecule has 46 heavy (non-hydrogen) atoms. The zero-order valence-electron chi connectivity index (χ0n) is 28.2. The molecule has 7 nitrogen and oxygen atoms in total. The van der Waals surface area contributed by atoms with Gasteiger partial charge in [0, 0.05) is 68.0 Å². The van der Waals surface area contributed by atoms with Gasteiger partial charge in [-0.3, -0.25) is 14.6 Å². The number of piperazine rings is 1. The van der Waals surface area contributed by atoms with E-state index >= 15 is 0 Å². The standard InChI is InChI=1S/C39H50N4O3/c1-26(2)32-8-6-7-9-33(32)34-23-41(22-27-18-29-14-15-38(3,4)46-36(29)35(19-27)45-5)16-17-43(34)31-20-39(21-31)24-42(25-39)30-12-10-28(11-13-30)37(40)44/h6-13,18-19,26,31,34H,14-17,20-25H2,1-5H3,(H2,40,44)/t34-/m0/s1. The van der Waals surface area contributed by atoms with Crippen LogP contribution < -0.4 is 20.1 Å².